The molecule has 0 rings (SSSR count). The number of rotatable bonds is 15. The molecule has 6 heteroatoms. The van der Waals surface area contributed by atoms with Crippen molar-refractivity contribution in [2.45, 2.75) is 52.4 Å². The molecule has 0 aromatic carbocycles. The summed E-state index contributed by atoms with van der Waals surface area (Å²) in [6.07, 6.45) is 3.39. The predicted molar refractivity (Wildman–Crippen MR) is 82.6 cm³/mol. The van der Waals surface area contributed by atoms with Crippen molar-refractivity contribution >= 4 is 11.9 Å². The minimum absolute atomic E-state index is 0.221. The topological polar surface area (TPSA) is 71.1 Å². The third-order valence-electron chi connectivity index (χ3n) is 2.81. The number of carbonyl (C=O) groups excluding carboxylic acids is 2. The summed E-state index contributed by atoms with van der Waals surface area (Å²) in [6.45, 7) is 7.20. The van der Waals surface area contributed by atoms with Gasteiger partial charge in [0.15, 0.2) is 0 Å². The Morgan fingerprint density at radius 3 is 1.41 bits per heavy atom. The van der Waals surface area contributed by atoms with Crippen molar-refractivity contribution in [1.82, 2.24) is 0 Å². The summed E-state index contributed by atoms with van der Waals surface area (Å²) in [5.41, 5.74) is 0. The third kappa shape index (κ3) is 15.3. The first-order chi connectivity index (χ1) is 10.7. The van der Waals surface area contributed by atoms with E-state index < -0.39 is 0 Å². The van der Waals surface area contributed by atoms with Gasteiger partial charge in [0.25, 0.3) is 0 Å². The zero-order valence-electron chi connectivity index (χ0n) is 13.9. The molecular weight excluding hydrogens is 288 g/mol. The second-order valence-electron chi connectivity index (χ2n) is 4.75. The molecule has 0 fully saturated rings. The van der Waals surface area contributed by atoms with Gasteiger partial charge in [-0.2, -0.15) is 0 Å². The lowest BCUT2D eigenvalue weighted by Gasteiger charge is -2.06. The van der Waals surface area contributed by atoms with E-state index in [0.29, 0.717) is 78.2 Å². The summed E-state index contributed by atoms with van der Waals surface area (Å²) in [6, 6.07) is 0. The van der Waals surface area contributed by atoms with Crippen molar-refractivity contribution in [3.63, 3.8) is 0 Å². The van der Waals surface area contributed by atoms with E-state index in [-0.39, 0.29) is 11.9 Å². The van der Waals surface area contributed by atoms with Gasteiger partial charge in [-0.05, 0) is 26.7 Å². The fourth-order valence-electron chi connectivity index (χ4n) is 1.67. The van der Waals surface area contributed by atoms with Gasteiger partial charge in [0.1, 0.15) is 0 Å². The average molecular weight is 318 g/mol. The maximum Gasteiger partial charge on any atom is 0.305 e. The Morgan fingerprint density at radius 2 is 1.05 bits per heavy atom. The van der Waals surface area contributed by atoms with E-state index in [9.17, 15) is 9.59 Å². The Bertz CT molecular complexity index is 252. The highest BCUT2D eigenvalue weighted by atomic mass is 16.5. The van der Waals surface area contributed by atoms with Crippen LogP contribution in [0.15, 0.2) is 0 Å². The second kappa shape index (κ2) is 16.2. The highest BCUT2D eigenvalue weighted by Gasteiger charge is 2.06. The van der Waals surface area contributed by atoms with Crippen molar-refractivity contribution in [2.24, 2.45) is 0 Å². The van der Waals surface area contributed by atoms with Crippen LogP contribution < -0.4 is 0 Å². The Balaban J connectivity index is 3.32. The van der Waals surface area contributed by atoms with Gasteiger partial charge < -0.3 is 18.9 Å². The minimum atomic E-state index is -0.221. The number of ether oxygens (including phenoxy) is 4. The van der Waals surface area contributed by atoms with Crippen molar-refractivity contribution in [2.75, 3.05) is 39.6 Å². The lowest BCUT2D eigenvalue weighted by molar-refractivity contribution is -0.146. The normalized spacial score (nSPS) is 10.5. The molecule has 130 valence electrons. The smallest absolute Gasteiger partial charge is 0.305 e. The average Bonchev–Trinajstić information content (AvgIpc) is 2.51. The van der Waals surface area contributed by atoms with Crippen LogP contribution in [0.2, 0.25) is 0 Å². The van der Waals surface area contributed by atoms with E-state index in [2.05, 4.69) is 0 Å². The van der Waals surface area contributed by atoms with Gasteiger partial charge in [0.2, 0.25) is 0 Å². The van der Waals surface area contributed by atoms with Crippen LogP contribution in [-0.4, -0.2) is 51.6 Å². The first-order valence-corrected chi connectivity index (χ1v) is 8.17. The monoisotopic (exact) mass is 318 g/mol. The lowest BCUT2D eigenvalue weighted by Crippen LogP contribution is -2.09. The van der Waals surface area contributed by atoms with E-state index in [1.54, 1.807) is 0 Å². The molecule has 0 bridgehead atoms. The highest BCUT2D eigenvalue weighted by Crippen LogP contribution is 2.03. The summed E-state index contributed by atoms with van der Waals surface area (Å²) in [5.74, 6) is -0.442. The van der Waals surface area contributed by atoms with Crippen LogP contribution in [0.4, 0.5) is 0 Å². The molecule has 0 atom stereocenters. The van der Waals surface area contributed by atoms with E-state index in [4.69, 9.17) is 18.9 Å². The maximum absolute atomic E-state index is 11.4. The molecule has 0 radical (unpaired) electrons. The molecule has 0 aromatic heterocycles. The standard InChI is InChI=1S/C16H30O6/c1-3-19-11-7-13-21-15(17)9-5-6-10-16(18)22-14-8-12-20-4-2/h3-14H2,1-2H3. The molecule has 0 aliphatic rings. The van der Waals surface area contributed by atoms with Gasteiger partial charge in [-0.25, -0.2) is 0 Å². The summed E-state index contributed by atoms with van der Waals surface area (Å²) in [5, 5.41) is 0. The summed E-state index contributed by atoms with van der Waals surface area (Å²) >= 11 is 0. The van der Waals surface area contributed by atoms with E-state index in [1.807, 2.05) is 13.8 Å². The van der Waals surface area contributed by atoms with E-state index in [1.165, 1.54) is 0 Å². The first-order valence-electron chi connectivity index (χ1n) is 8.17. The zero-order chi connectivity index (χ0) is 16.5. The van der Waals surface area contributed by atoms with Gasteiger partial charge in [-0.3, -0.25) is 9.59 Å². The Morgan fingerprint density at radius 1 is 0.636 bits per heavy atom. The molecule has 22 heavy (non-hydrogen) atoms. The Labute approximate surface area is 133 Å². The van der Waals surface area contributed by atoms with Crippen LogP contribution in [0, 0.1) is 0 Å². The van der Waals surface area contributed by atoms with Crippen LogP contribution in [0.25, 0.3) is 0 Å². The molecule has 0 aromatic rings. The van der Waals surface area contributed by atoms with Crippen LogP contribution in [0.3, 0.4) is 0 Å². The molecule has 0 N–H and O–H groups in total. The molecule has 0 aliphatic carbocycles. The number of esters is 2. The fraction of sp³-hybridized carbons (Fsp3) is 0.875. The van der Waals surface area contributed by atoms with Crippen molar-refractivity contribution in [3.8, 4) is 0 Å². The number of hydrogen-bond donors (Lipinski definition) is 0. The summed E-state index contributed by atoms with van der Waals surface area (Å²) in [4.78, 5) is 22.8. The maximum atomic E-state index is 11.4. The van der Waals surface area contributed by atoms with E-state index >= 15 is 0 Å². The summed E-state index contributed by atoms with van der Waals surface area (Å²) < 4.78 is 20.4. The van der Waals surface area contributed by atoms with Gasteiger partial charge in [0, 0.05) is 52.1 Å². The van der Waals surface area contributed by atoms with Crippen molar-refractivity contribution in [1.29, 1.82) is 0 Å². The molecule has 0 unspecified atom stereocenters. The summed E-state index contributed by atoms with van der Waals surface area (Å²) in [7, 11) is 0. The van der Waals surface area contributed by atoms with E-state index in [0.717, 1.165) is 0 Å². The number of hydrogen-bond acceptors (Lipinski definition) is 6. The van der Waals surface area contributed by atoms with Crippen LogP contribution in [-0.2, 0) is 28.5 Å². The number of carbonyl (C=O) groups is 2. The Hall–Kier alpha value is -1.14. The van der Waals surface area contributed by atoms with Crippen LogP contribution in [0.1, 0.15) is 52.4 Å². The fourth-order valence-corrected chi connectivity index (χ4v) is 1.67. The van der Waals surface area contributed by atoms with Crippen molar-refractivity contribution < 1.29 is 28.5 Å². The van der Waals surface area contributed by atoms with Crippen LogP contribution in [0.5, 0.6) is 0 Å². The molecule has 0 aliphatic heterocycles. The zero-order valence-corrected chi connectivity index (χ0v) is 13.9. The molecule has 6 nitrogen and oxygen atoms in total. The lowest BCUT2D eigenvalue weighted by atomic mass is 10.2. The van der Waals surface area contributed by atoms with Gasteiger partial charge >= 0.3 is 11.9 Å². The molecule has 0 amide bonds. The quantitative estimate of drug-likeness (QED) is 0.341. The van der Waals surface area contributed by atoms with Gasteiger partial charge in [-0.1, -0.05) is 0 Å². The minimum Gasteiger partial charge on any atom is -0.466 e. The predicted octanol–water partition coefficient (Wildman–Crippen LogP) is 2.49. The Kier molecular flexibility index (Phi) is 15.4. The van der Waals surface area contributed by atoms with Gasteiger partial charge in [-0.15, -0.1) is 0 Å². The molecular formula is C16H30O6. The third-order valence-corrected chi connectivity index (χ3v) is 2.81. The van der Waals surface area contributed by atoms with Gasteiger partial charge in [0.05, 0.1) is 13.2 Å². The molecule has 0 saturated heterocycles. The SMILES string of the molecule is CCOCCCOC(=O)CCCCC(=O)OCCCOCC. The second-order valence-corrected chi connectivity index (χ2v) is 4.75. The first kappa shape index (κ1) is 20.9. The highest BCUT2D eigenvalue weighted by molar-refractivity contribution is 5.70. The molecule has 0 spiro atoms. The van der Waals surface area contributed by atoms with Crippen molar-refractivity contribution in [3.05, 3.63) is 0 Å². The largest absolute Gasteiger partial charge is 0.466 e. The van der Waals surface area contributed by atoms with Crippen LogP contribution >= 0.6 is 0 Å². The molecule has 0 heterocycles. The molecule has 0 saturated carbocycles. The number of unbranched alkanes of at least 4 members (excludes halogenated alkanes) is 1.